The Bertz CT molecular complexity index is 1060. The molecule has 0 saturated carbocycles. The summed E-state index contributed by atoms with van der Waals surface area (Å²) in [5.41, 5.74) is 2.05. The summed E-state index contributed by atoms with van der Waals surface area (Å²) in [4.78, 5) is 24.0. The van der Waals surface area contributed by atoms with Crippen LogP contribution >= 0.6 is 0 Å². The number of amides is 2. The topological polar surface area (TPSA) is 95.6 Å². The molecule has 0 unspecified atom stereocenters. The first-order valence-corrected chi connectivity index (χ1v) is 11.7. The second-order valence-electron chi connectivity index (χ2n) is 7.36. The van der Waals surface area contributed by atoms with Gasteiger partial charge in [-0.25, -0.2) is 8.42 Å². The SMILES string of the molecule is CNC(=O)c1ccc(/C=C/C(=O)NCc2cccc(S(=O)(=O)N3CCCCC3)c2)cc1. The molecule has 2 aromatic rings. The maximum absolute atomic E-state index is 12.8. The van der Waals surface area contributed by atoms with Crippen LogP contribution in [0.15, 0.2) is 59.5 Å². The Morgan fingerprint density at radius 1 is 1.03 bits per heavy atom. The highest BCUT2D eigenvalue weighted by Crippen LogP contribution is 2.21. The van der Waals surface area contributed by atoms with Crippen molar-refractivity contribution in [1.29, 1.82) is 0 Å². The van der Waals surface area contributed by atoms with Gasteiger partial charge < -0.3 is 10.6 Å². The predicted octanol–water partition coefficient (Wildman–Crippen LogP) is 2.55. The molecular weight excluding hydrogens is 414 g/mol. The smallest absolute Gasteiger partial charge is 0.251 e. The molecule has 0 aliphatic carbocycles. The molecular formula is C23H27N3O4S. The number of carbonyl (C=O) groups excluding carboxylic acids is 2. The minimum atomic E-state index is -3.50. The third-order valence-electron chi connectivity index (χ3n) is 5.15. The first kappa shape index (κ1) is 22.7. The average molecular weight is 442 g/mol. The van der Waals surface area contributed by atoms with Crippen molar-refractivity contribution in [2.75, 3.05) is 20.1 Å². The molecule has 2 N–H and O–H groups in total. The van der Waals surface area contributed by atoms with Crippen molar-refractivity contribution in [1.82, 2.24) is 14.9 Å². The Balaban J connectivity index is 1.58. The van der Waals surface area contributed by atoms with Crippen LogP contribution in [0.2, 0.25) is 0 Å². The van der Waals surface area contributed by atoms with Gasteiger partial charge in [0, 0.05) is 38.3 Å². The van der Waals surface area contributed by atoms with E-state index in [0.717, 1.165) is 30.4 Å². The molecule has 164 valence electrons. The van der Waals surface area contributed by atoms with Crippen LogP contribution in [0.1, 0.15) is 40.7 Å². The van der Waals surface area contributed by atoms with E-state index >= 15 is 0 Å². The summed E-state index contributed by atoms with van der Waals surface area (Å²) in [5.74, 6) is -0.461. The normalized spacial score (nSPS) is 15.0. The molecule has 7 nitrogen and oxygen atoms in total. The number of piperidine rings is 1. The van der Waals surface area contributed by atoms with Crippen molar-refractivity contribution >= 4 is 27.9 Å². The van der Waals surface area contributed by atoms with Gasteiger partial charge in [0.25, 0.3) is 5.91 Å². The third kappa shape index (κ3) is 6.02. The molecule has 0 aromatic heterocycles. The largest absolute Gasteiger partial charge is 0.355 e. The molecule has 1 saturated heterocycles. The lowest BCUT2D eigenvalue weighted by Gasteiger charge is -2.26. The predicted molar refractivity (Wildman–Crippen MR) is 120 cm³/mol. The van der Waals surface area contributed by atoms with E-state index in [-0.39, 0.29) is 23.3 Å². The van der Waals surface area contributed by atoms with Crippen LogP contribution in [-0.2, 0) is 21.4 Å². The van der Waals surface area contributed by atoms with E-state index in [1.807, 2.05) is 0 Å². The summed E-state index contributed by atoms with van der Waals surface area (Å²) < 4.78 is 27.2. The zero-order valence-electron chi connectivity index (χ0n) is 17.5. The molecule has 1 aliphatic rings. The summed E-state index contributed by atoms with van der Waals surface area (Å²) in [6.07, 6.45) is 5.89. The Hall–Kier alpha value is -2.97. The van der Waals surface area contributed by atoms with E-state index in [9.17, 15) is 18.0 Å². The van der Waals surface area contributed by atoms with E-state index in [0.29, 0.717) is 18.7 Å². The fourth-order valence-corrected chi connectivity index (χ4v) is 4.97. The van der Waals surface area contributed by atoms with Gasteiger partial charge in [0.2, 0.25) is 15.9 Å². The van der Waals surface area contributed by atoms with Gasteiger partial charge in [-0.15, -0.1) is 0 Å². The Morgan fingerprint density at radius 2 is 1.74 bits per heavy atom. The minimum absolute atomic E-state index is 0.169. The van der Waals surface area contributed by atoms with Gasteiger partial charge >= 0.3 is 0 Å². The highest BCUT2D eigenvalue weighted by Gasteiger charge is 2.25. The summed E-state index contributed by atoms with van der Waals surface area (Å²) in [7, 11) is -1.93. The number of benzene rings is 2. The third-order valence-corrected chi connectivity index (χ3v) is 7.04. The van der Waals surface area contributed by atoms with Crippen LogP contribution in [0.4, 0.5) is 0 Å². The lowest BCUT2D eigenvalue weighted by atomic mass is 10.1. The second kappa shape index (κ2) is 10.4. The van der Waals surface area contributed by atoms with Crippen molar-refractivity contribution in [2.24, 2.45) is 0 Å². The number of rotatable bonds is 7. The molecule has 1 aliphatic heterocycles. The molecule has 31 heavy (non-hydrogen) atoms. The first-order chi connectivity index (χ1) is 14.9. The number of hydrogen-bond donors (Lipinski definition) is 2. The van der Waals surface area contributed by atoms with Crippen molar-refractivity contribution < 1.29 is 18.0 Å². The molecule has 2 amide bonds. The fraction of sp³-hybridized carbons (Fsp3) is 0.304. The van der Waals surface area contributed by atoms with Crippen LogP contribution in [0.25, 0.3) is 6.08 Å². The first-order valence-electron chi connectivity index (χ1n) is 10.3. The van der Waals surface area contributed by atoms with E-state index in [2.05, 4.69) is 10.6 Å². The van der Waals surface area contributed by atoms with Crippen LogP contribution in [0.5, 0.6) is 0 Å². The van der Waals surface area contributed by atoms with E-state index in [1.165, 1.54) is 10.4 Å². The van der Waals surface area contributed by atoms with Crippen molar-refractivity contribution in [2.45, 2.75) is 30.7 Å². The van der Waals surface area contributed by atoms with Gasteiger partial charge in [0.1, 0.15) is 0 Å². The number of nitrogens with one attached hydrogen (secondary N) is 2. The van der Waals surface area contributed by atoms with Crippen LogP contribution in [0.3, 0.4) is 0 Å². The van der Waals surface area contributed by atoms with Crippen LogP contribution in [0, 0.1) is 0 Å². The fourth-order valence-electron chi connectivity index (χ4n) is 3.38. The van der Waals surface area contributed by atoms with Gasteiger partial charge in [-0.2, -0.15) is 4.31 Å². The summed E-state index contributed by atoms with van der Waals surface area (Å²) in [6.45, 7) is 1.33. The molecule has 0 spiro atoms. The lowest BCUT2D eigenvalue weighted by Crippen LogP contribution is -2.35. The highest BCUT2D eigenvalue weighted by molar-refractivity contribution is 7.89. The molecule has 0 radical (unpaired) electrons. The summed E-state index contributed by atoms with van der Waals surface area (Å²) >= 11 is 0. The maximum atomic E-state index is 12.8. The van der Waals surface area contributed by atoms with E-state index < -0.39 is 10.0 Å². The van der Waals surface area contributed by atoms with Gasteiger partial charge in [-0.1, -0.05) is 30.7 Å². The van der Waals surface area contributed by atoms with E-state index in [1.54, 1.807) is 61.7 Å². The standard InChI is InChI=1S/C23H27N3O4S/c1-24-23(28)20-11-8-18(9-12-20)10-13-22(27)25-17-19-6-5-7-21(16-19)31(29,30)26-14-3-2-4-15-26/h5-13,16H,2-4,14-15,17H2,1H3,(H,24,28)(H,25,27)/b13-10+. The summed E-state index contributed by atoms with van der Waals surface area (Å²) in [5, 5.41) is 5.32. The van der Waals surface area contributed by atoms with Gasteiger partial charge in [-0.05, 0) is 54.3 Å². The summed E-state index contributed by atoms with van der Waals surface area (Å²) in [6, 6.07) is 13.6. The average Bonchev–Trinajstić information content (AvgIpc) is 2.82. The monoisotopic (exact) mass is 441 g/mol. The second-order valence-corrected chi connectivity index (χ2v) is 9.30. The molecule has 2 aromatic carbocycles. The maximum Gasteiger partial charge on any atom is 0.251 e. The van der Waals surface area contributed by atoms with Crippen LogP contribution < -0.4 is 10.6 Å². The van der Waals surface area contributed by atoms with Crippen LogP contribution in [-0.4, -0.2) is 44.7 Å². The zero-order valence-corrected chi connectivity index (χ0v) is 18.3. The molecule has 0 atom stereocenters. The van der Waals surface area contributed by atoms with Gasteiger partial charge in [0.05, 0.1) is 4.90 Å². The van der Waals surface area contributed by atoms with Crippen molar-refractivity contribution in [3.05, 3.63) is 71.3 Å². The number of nitrogens with zero attached hydrogens (tertiary/aromatic N) is 1. The number of carbonyl (C=O) groups is 2. The highest BCUT2D eigenvalue weighted by atomic mass is 32.2. The Labute approximate surface area is 183 Å². The quantitative estimate of drug-likeness (QED) is 0.646. The van der Waals surface area contributed by atoms with Crippen molar-refractivity contribution in [3.63, 3.8) is 0 Å². The lowest BCUT2D eigenvalue weighted by molar-refractivity contribution is -0.116. The van der Waals surface area contributed by atoms with E-state index in [4.69, 9.17) is 0 Å². The van der Waals surface area contributed by atoms with Crippen molar-refractivity contribution in [3.8, 4) is 0 Å². The molecule has 1 fully saturated rings. The number of sulfonamides is 1. The molecule has 1 heterocycles. The van der Waals surface area contributed by atoms with Gasteiger partial charge in [0.15, 0.2) is 0 Å². The molecule has 8 heteroatoms. The zero-order chi connectivity index (χ0) is 22.3. The molecule has 0 bridgehead atoms. The minimum Gasteiger partial charge on any atom is -0.355 e. The van der Waals surface area contributed by atoms with Gasteiger partial charge in [-0.3, -0.25) is 9.59 Å². The Morgan fingerprint density at radius 3 is 2.42 bits per heavy atom. The Kier molecular flexibility index (Phi) is 7.59. The number of hydrogen-bond acceptors (Lipinski definition) is 4. The molecule has 3 rings (SSSR count).